The molecule has 0 radical (unpaired) electrons. The smallest absolute Gasteiger partial charge is 0.247 e. The van der Waals surface area contributed by atoms with Crippen LogP contribution in [0.3, 0.4) is 0 Å². The number of nitrogens with zero attached hydrogens (tertiary/aromatic N) is 1. The van der Waals surface area contributed by atoms with E-state index in [9.17, 15) is 18.0 Å². The van der Waals surface area contributed by atoms with Crippen molar-refractivity contribution >= 4 is 27.5 Å². The van der Waals surface area contributed by atoms with Gasteiger partial charge in [0.05, 0.1) is 12.2 Å². The molecule has 1 saturated heterocycles. The number of aryl methyl sites for hydroxylation is 1. The van der Waals surface area contributed by atoms with Crippen molar-refractivity contribution in [2.45, 2.75) is 31.2 Å². The van der Waals surface area contributed by atoms with Gasteiger partial charge in [0.2, 0.25) is 21.8 Å². The topological polar surface area (TPSA) is 110 Å². The van der Waals surface area contributed by atoms with E-state index in [-0.39, 0.29) is 10.6 Å². The highest BCUT2D eigenvalue weighted by Gasteiger charge is 2.48. The Morgan fingerprint density at radius 2 is 1.90 bits per heavy atom. The lowest BCUT2D eigenvalue weighted by atomic mass is 10.0. The van der Waals surface area contributed by atoms with Crippen LogP contribution in [0.25, 0.3) is 0 Å². The lowest BCUT2D eigenvalue weighted by Crippen LogP contribution is -2.65. The average molecular weight is 311 g/mol. The second-order valence-electron chi connectivity index (χ2n) is 5.44. The molecule has 7 nitrogen and oxygen atoms in total. The van der Waals surface area contributed by atoms with Gasteiger partial charge in [0.25, 0.3) is 0 Å². The Morgan fingerprint density at radius 3 is 2.48 bits per heavy atom. The molecule has 0 atom stereocenters. The monoisotopic (exact) mass is 311 g/mol. The van der Waals surface area contributed by atoms with E-state index >= 15 is 0 Å². The zero-order chi connectivity index (χ0) is 16.0. The number of carbonyl (C=O) groups is 2. The molecule has 0 bridgehead atoms. The van der Waals surface area contributed by atoms with Crippen molar-refractivity contribution < 1.29 is 18.0 Å². The van der Waals surface area contributed by atoms with Crippen LogP contribution in [-0.2, 0) is 19.6 Å². The van der Waals surface area contributed by atoms with Gasteiger partial charge < -0.3 is 5.73 Å². The summed E-state index contributed by atoms with van der Waals surface area (Å²) in [7, 11) is -4.07. The summed E-state index contributed by atoms with van der Waals surface area (Å²) < 4.78 is 26.6. The lowest BCUT2D eigenvalue weighted by molar-refractivity contribution is -0.141. The van der Waals surface area contributed by atoms with Crippen LogP contribution in [0.15, 0.2) is 23.1 Å². The van der Waals surface area contributed by atoms with Gasteiger partial charge in [-0.25, -0.2) is 8.42 Å². The lowest BCUT2D eigenvalue weighted by Gasteiger charge is -2.39. The van der Waals surface area contributed by atoms with Crippen molar-refractivity contribution in [2.24, 2.45) is 0 Å². The number of carbonyl (C=O) groups excluding carboxylic acids is 2. The van der Waals surface area contributed by atoms with E-state index in [0.29, 0.717) is 5.56 Å². The molecule has 1 aromatic carbocycles. The summed E-state index contributed by atoms with van der Waals surface area (Å²) in [5.41, 5.74) is 4.96. The Balaban J connectivity index is 2.63. The maximum Gasteiger partial charge on any atom is 0.247 e. The molecule has 114 valence electrons. The Kier molecular flexibility index (Phi) is 3.54. The summed E-state index contributed by atoms with van der Waals surface area (Å²) in [4.78, 5) is 23.4. The Bertz CT molecular complexity index is 705. The first-order valence-electron chi connectivity index (χ1n) is 6.30. The fourth-order valence-corrected chi connectivity index (χ4v) is 4.32. The fourth-order valence-electron chi connectivity index (χ4n) is 2.28. The van der Waals surface area contributed by atoms with E-state index in [0.717, 1.165) is 4.31 Å². The van der Waals surface area contributed by atoms with Crippen molar-refractivity contribution in [3.8, 4) is 0 Å². The average Bonchev–Trinajstić information content (AvgIpc) is 2.33. The number of hydrogen-bond acceptors (Lipinski definition) is 5. The molecule has 1 aliphatic heterocycles. The van der Waals surface area contributed by atoms with Crippen LogP contribution in [0.5, 0.6) is 0 Å². The standard InChI is InChI=1S/C13H17N3O4S/c1-8-5-4-6-9(14)11(8)21(19,20)16-7-10(17)15-12(18)13(16,2)3/h4-6H,7,14H2,1-3H3,(H,15,17,18). The van der Waals surface area contributed by atoms with Gasteiger partial charge >= 0.3 is 0 Å². The highest BCUT2D eigenvalue weighted by Crippen LogP contribution is 2.31. The number of imide groups is 1. The quantitative estimate of drug-likeness (QED) is 0.590. The molecule has 2 amide bonds. The summed E-state index contributed by atoms with van der Waals surface area (Å²) in [5, 5.41) is 2.14. The van der Waals surface area contributed by atoms with Crippen LogP contribution in [0.1, 0.15) is 19.4 Å². The molecule has 0 aromatic heterocycles. The highest BCUT2D eigenvalue weighted by molar-refractivity contribution is 7.89. The minimum atomic E-state index is -4.07. The van der Waals surface area contributed by atoms with Gasteiger partial charge in [0, 0.05) is 0 Å². The van der Waals surface area contributed by atoms with E-state index in [4.69, 9.17) is 5.73 Å². The first-order chi connectivity index (χ1) is 9.58. The van der Waals surface area contributed by atoms with E-state index < -0.39 is 33.9 Å². The van der Waals surface area contributed by atoms with Gasteiger partial charge in [-0.1, -0.05) is 12.1 Å². The number of sulfonamides is 1. The highest BCUT2D eigenvalue weighted by atomic mass is 32.2. The molecular formula is C13H17N3O4S. The maximum absolute atomic E-state index is 12.8. The van der Waals surface area contributed by atoms with Crippen molar-refractivity contribution in [1.82, 2.24) is 9.62 Å². The van der Waals surface area contributed by atoms with E-state index in [1.54, 1.807) is 19.1 Å². The summed E-state index contributed by atoms with van der Waals surface area (Å²) >= 11 is 0. The molecule has 1 fully saturated rings. The van der Waals surface area contributed by atoms with Crippen LogP contribution >= 0.6 is 0 Å². The summed E-state index contributed by atoms with van der Waals surface area (Å²) in [6.45, 7) is 4.08. The number of amides is 2. The molecule has 1 aromatic rings. The number of anilines is 1. The van der Waals surface area contributed by atoms with Crippen LogP contribution in [-0.4, -0.2) is 36.6 Å². The van der Waals surface area contributed by atoms with Crippen LogP contribution < -0.4 is 11.1 Å². The molecule has 0 aliphatic carbocycles. The summed E-state index contributed by atoms with van der Waals surface area (Å²) in [6, 6.07) is 4.73. The zero-order valence-electron chi connectivity index (χ0n) is 12.0. The molecule has 0 unspecified atom stereocenters. The van der Waals surface area contributed by atoms with E-state index in [1.807, 2.05) is 0 Å². The second-order valence-corrected chi connectivity index (χ2v) is 7.24. The van der Waals surface area contributed by atoms with Crippen LogP contribution in [0.4, 0.5) is 5.69 Å². The minimum Gasteiger partial charge on any atom is -0.398 e. The van der Waals surface area contributed by atoms with Gasteiger partial charge in [-0.3, -0.25) is 14.9 Å². The van der Waals surface area contributed by atoms with Gasteiger partial charge in [-0.2, -0.15) is 4.31 Å². The number of rotatable bonds is 2. The number of benzene rings is 1. The van der Waals surface area contributed by atoms with E-state index in [2.05, 4.69) is 5.32 Å². The Labute approximate surface area is 123 Å². The minimum absolute atomic E-state index is 0.0689. The molecule has 3 N–H and O–H groups in total. The predicted molar refractivity (Wildman–Crippen MR) is 76.7 cm³/mol. The first-order valence-corrected chi connectivity index (χ1v) is 7.74. The molecular weight excluding hydrogens is 294 g/mol. The van der Waals surface area contributed by atoms with Crippen molar-refractivity contribution in [2.75, 3.05) is 12.3 Å². The van der Waals surface area contributed by atoms with Crippen molar-refractivity contribution in [3.63, 3.8) is 0 Å². The Hall–Kier alpha value is -1.93. The van der Waals surface area contributed by atoms with Gasteiger partial charge in [-0.15, -0.1) is 0 Å². The molecule has 1 heterocycles. The third kappa shape index (κ3) is 2.40. The molecule has 0 spiro atoms. The largest absolute Gasteiger partial charge is 0.398 e. The Morgan fingerprint density at radius 1 is 1.29 bits per heavy atom. The molecule has 8 heteroatoms. The normalized spacial score (nSPS) is 19.4. The zero-order valence-corrected chi connectivity index (χ0v) is 12.8. The maximum atomic E-state index is 12.8. The van der Waals surface area contributed by atoms with Crippen LogP contribution in [0.2, 0.25) is 0 Å². The van der Waals surface area contributed by atoms with Crippen molar-refractivity contribution in [1.29, 1.82) is 0 Å². The third-order valence-electron chi connectivity index (χ3n) is 3.51. The number of nitrogens with two attached hydrogens (primary N) is 1. The number of nitrogen functional groups attached to an aromatic ring is 1. The van der Waals surface area contributed by atoms with Gasteiger partial charge in [0.15, 0.2) is 0 Å². The first kappa shape index (κ1) is 15.5. The molecule has 21 heavy (non-hydrogen) atoms. The molecule has 1 aliphatic rings. The van der Waals surface area contributed by atoms with Crippen LogP contribution in [0, 0.1) is 6.92 Å². The molecule has 2 rings (SSSR count). The van der Waals surface area contributed by atoms with Crippen molar-refractivity contribution in [3.05, 3.63) is 23.8 Å². The second kappa shape index (κ2) is 4.81. The van der Waals surface area contributed by atoms with Gasteiger partial charge in [-0.05, 0) is 32.4 Å². The third-order valence-corrected chi connectivity index (χ3v) is 5.75. The van der Waals surface area contributed by atoms with Gasteiger partial charge in [0.1, 0.15) is 10.4 Å². The predicted octanol–water partition coefficient (Wildman–Crippen LogP) is 0.00292. The number of hydrogen-bond donors (Lipinski definition) is 2. The molecule has 0 saturated carbocycles. The number of nitrogens with one attached hydrogen (secondary N) is 1. The fraction of sp³-hybridized carbons (Fsp3) is 0.385. The SMILES string of the molecule is Cc1cccc(N)c1S(=O)(=O)N1CC(=O)NC(=O)C1(C)C. The number of piperazine rings is 1. The van der Waals surface area contributed by atoms with E-state index in [1.165, 1.54) is 19.9 Å². The summed E-state index contributed by atoms with van der Waals surface area (Å²) in [6.07, 6.45) is 0. The summed E-state index contributed by atoms with van der Waals surface area (Å²) in [5.74, 6) is -1.32.